The molecule has 2 aliphatic rings. The van der Waals surface area contributed by atoms with E-state index in [0.29, 0.717) is 12.8 Å². The van der Waals surface area contributed by atoms with Crippen LogP contribution < -0.4 is 5.48 Å². The van der Waals surface area contributed by atoms with Gasteiger partial charge in [-0.2, -0.15) is 18.7 Å². The molecular formula is C14H23F3N2O3. The number of hydrogen-bond donors (Lipinski definition) is 1. The predicted octanol–water partition coefficient (Wildman–Crippen LogP) is 3.00. The van der Waals surface area contributed by atoms with Gasteiger partial charge in [-0.25, -0.2) is 4.79 Å². The summed E-state index contributed by atoms with van der Waals surface area (Å²) in [5.74, 6) is 0. The fourth-order valence-electron chi connectivity index (χ4n) is 3.13. The van der Waals surface area contributed by atoms with Crippen LogP contribution in [0.15, 0.2) is 0 Å². The number of rotatable bonds is 3. The Labute approximate surface area is 128 Å². The lowest BCUT2D eigenvalue weighted by atomic mass is 9.98. The van der Waals surface area contributed by atoms with Crippen LogP contribution >= 0.6 is 0 Å². The van der Waals surface area contributed by atoms with E-state index in [9.17, 15) is 18.0 Å². The number of nitrogens with zero attached hydrogens (tertiary/aromatic N) is 1. The first-order valence-electron chi connectivity index (χ1n) is 7.50. The number of carbonyl (C=O) groups excluding carboxylic acids is 1. The Hall–Kier alpha value is -1.02. The Morgan fingerprint density at radius 1 is 1.18 bits per heavy atom. The highest BCUT2D eigenvalue weighted by molar-refractivity contribution is 5.69. The summed E-state index contributed by atoms with van der Waals surface area (Å²) in [5, 5.41) is 0. The van der Waals surface area contributed by atoms with Crippen LogP contribution in [0.3, 0.4) is 0 Å². The van der Waals surface area contributed by atoms with E-state index >= 15 is 0 Å². The van der Waals surface area contributed by atoms with E-state index in [1.54, 1.807) is 4.90 Å². The number of amides is 1. The van der Waals surface area contributed by atoms with Crippen LogP contribution in [-0.4, -0.2) is 47.5 Å². The Morgan fingerprint density at radius 2 is 1.73 bits per heavy atom. The molecule has 0 spiro atoms. The number of carbonyl (C=O) groups is 1. The van der Waals surface area contributed by atoms with Crippen LogP contribution in [0.5, 0.6) is 0 Å². The summed E-state index contributed by atoms with van der Waals surface area (Å²) >= 11 is 0. The van der Waals surface area contributed by atoms with E-state index in [-0.39, 0.29) is 24.2 Å². The lowest BCUT2D eigenvalue weighted by Gasteiger charge is -2.39. The molecule has 0 aromatic heterocycles. The fraction of sp³-hybridized carbons (Fsp3) is 0.929. The largest absolute Gasteiger partial charge is 0.444 e. The maximum Gasteiger partial charge on any atom is 0.413 e. The van der Waals surface area contributed by atoms with Gasteiger partial charge in [0.15, 0.2) is 6.61 Å². The third-order valence-corrected chi connectivity index (χ3v) is 3.82. The number of piperidine rings is 1. The average Bonchev–Trinajstić information content (AvgIpc) is 2.58. The standard InChI is InChI=1S/C14H23F3N2O3/c1-13(2,3)22-12(20)19-10-4-5-11(19)7-9(6-10)18-21-8-14(15,16)17/h9-11,18H,4-8H2,1-3H3. The molecule has 1 amide bonds. The zero-order chi connectivity index (χ0) is 16.5. The second-order valence-corrected chi connectivity index (χ2v) is 6.96. The molecule has 0 aliphatic carbocycles. The number of fused-ring (bicyclic) bond motifs is 2. The summed E-state index contributed by atoms with van der Waals surface area (Å²) in [7, 11) is 0. The predicted molar refractivity (Wildman–Crippen MR) is 73.0 cm³/mol. The molecule has 0 aromatic carbocycles. The SMILES string of the molecule is CC(C)(C)OC(=O)N1C2CCC1CC(NOCC(F)(F)F)C2. The minimum Gasteiger partial charge on any atom is -0.444 e. The van der Waals surface area contributed by atoms with Crippen LogP contribution in [0, 0.1) is 0 Å². The molecule has 2 saturated heterocycles. The molecule has 8 heteroatoms. The first kappa shape index (κ1) is 17.3. The van der Waals surface area contributed by atoms with Gasteiger partial charge >= 0.3 is 12.3 Å². The van der Waals surface area contributed by atoms with E-state index in [1.165, 1.54) is 0 Å². The molecule has 128 valence electrons. The van der Waals surface area contributed by atoms with Crippen molar-refractivity contribution in [3.63, 3.8) is 0 Å². The van der Waals surface area contributed by atoms with Gasteiger partial charge in [0.05, 0.1) is 0 Å². The van der Waals surface area contributed by atoms with Gasteiger partial charge in [-0.05, 0) is 46.5 Å². The monoisotopic (exact) mass is 324 g/mol. The first-order chi connectivity index (χ1) is 10.1. The molecule has 0 saturated carbocycles. The van der Waals surface area contributed by atoms with Gasteiger partial charge in [0.1, 0.15) is 5.60 Å². The molecule has 1 N–H and O–H groups in total. The van der Waals surface area contributed by atoms with E-state index in [1.807, 2.05) is 20.8 Å². The van der Waals surface area contributed by atoms with E-state index in [2.05, 4.69) is 10.3 Å². The molecule has 2 heterocycles. The lowest BCUT2D eigenvalue weighted by Crippen LogP contribution is -2.52. The molecule has 2 fully saturated rings. The highest BCUT2D eigenvalue weighted by Crippen LogP contribution is 2.36. The van der Waals surface area contributed by atoms with E-state index in [4.69, 9.17) is 4.74 Å². The van der Waals surface area contributed by atoms with Crippen molar-refractivity contribution in [2.24, 2.45) is 0 Å². The van der Waals surface area contributed by atoms with Crippen molar-refractivity contribution in [3.8, 4) is 0 Å². The summed E-state index contributed by atoms with van der Waals surface area (Å²) < 4.78 is 41.6. The van der Waals surface area contributed by atoms with Crippen LogP contribution in [0.25, 0.3) is 0 Å². The summed E-state index contributed by atoms with van der Waals surface area (Å²) in [5.41, 5.74) is 1.93. The number of halogens is 3. The molecule has 2 rings (SSSR count). The van der Waals surface area contributed by atoms with Gasteiger partial charge in [-0.1, -0.05) is 0 Å². The molecule has 0 radical (unpaired) electrons. The van der Waals surface area contributed by atoms with Crippen molar-refractivity contribution in [3.05, 3.63) is 0 Å². The second-order valence-electron chi connectivity index (χ2n) is 6.96. The second kappa shape index (κ2) is 6.23. The fourth-order valence-corrected chi connectivity index (χ4v) is 3.13. The van der Waals surface area contributed by atoms with Crippen LogP contribution in [0.4, 0.5) is 18.0 Å². The molecule has 2 bridgehead atoms. The van der Waals surface area contributed by atoms with E-state index in [0.717, 1.165) is 12.8 Å². The minimum absolute atomic E-state index is 0.000543. The summed E-state index contributed by atoms with van der Waals surface area (Å²) in [6.45, 7) is 4.12. The van der Waals surface area contributed by atoms with Crippen molar-refractivity contribution in [1.82, 2.24) is 10.4 Å². The average molecular weight is 324 g/mol. The highest BCUT2D eigenvalue weighted by atomic mass is 19.4. The van der Waals surface area contributed by atoms with Crippen LogP contribution in [-0.2, 0) is 9.57 Å². The van der Waals surface area contributed by atoms with E-state index < -0.39 is 18.4 Å². The van der Waals surface area contributed by atoms with Crippen LogP contribution in [0.1, 0.15) is 46.5 Å². The maximum absolute atomic E-state index is 12.2. The molecule has 2 atom stereocenters. The van der Waals surface area contributed by atoms with Gasteiger partial charge in [-0.3, -0.25) is 4.84 Å². The third-order valence-electron chi connectivity index (χ3n) is 3.82. The van der Waals surface area contributed by atoms with Gasteiger partial charge < -0.3 is 9.64 Å². The first-order valence-corrected chi connectivity index (χ1v) is 7.50. The Kier molecular flexibility index (Phi) is 4.91. The minimum atomic E-state index is -4.34. The molecular weight excluding hydrogens is 301 g/mol. The Balaban J connectivity index is 1.85. The van der Waals surface area contributed by atoms with Gasteiger partial charge in [0.25, 0.3) is 0 Å². The molecule has 2 unspecified atom stereocenters. The number of nitrogens with one attached hydrogen (secondary N) is 1. The maximum atomic E-state index is 12.2. The number of hydroxylamine groups is 1. The Bertz CT molecular complexity index is 395. The summed E-state index contributed by atoms with van der Waals surface area (Å²) in [6.07, 6.45) is -1.83. The Morgan fingerprint density at radius 3 is 2.18 bits per heavy atom. The molecule has 5 nitrogen and oxygen atoms in total. The zero-order valence-corrected chi connectivity index (χ0v) is 13.1. The topological polar surface area (TPSA) is 50.8 Å². The summed E-state index contributed by atoms with van der Waals surface area (Å²) in [6, 6.07) is -0.167. The quantitative estimate of drug-likeness (QED) is 0.811. The van der Waals surface area contributed by atoms with Crippen molar-refractivity contribution in [2.75, 3.05) is 6.61 Å². The number of hydrogen-bond acceptors (Lipinski definition) is 4. The summed E-state index contributed by atoms with van der Waals surface area (Å²) in [4.78, 5) is 18.5. The zero-order valence-electron chi connectivity index (χ0n) is 13.1. The lowest BCUT2D eigenvalue weighted by molar-refractivity contribution is -0.194. The number of ether oxygens (including phenoxy) is 1. The highest BCUT2D eigenvalue weighted by Gasteiger charge is 2.45. The van der Waals surface area contributed by atoms with Gasteiger partial charge in [-0.15, -0.1) is 0 Å². The third kappa shape index (κ3) is 4.74. The van der Waals surface area contributed by atoms with Gasteiger partial charge in [0.2, 0.25) is 0 Å². The molecule has 0 aromatic rings. The van der Waals surface area contributed by atoms with Crippen molar-refractivity contribution >= 4 is 6.09 Å². The van der Waals surface area contributed by atoms with Gasteiger partial charge in [0, 0.05) is 18.1 Å². The van der Waals surface area contributed by atoms with Crippen molar-refractivity contribution in [1.29, 1.82) is 0 Å². The molecule has 22 heavy (non-hydrogen) atoms. The van der Waals surface area contributed by atoms with Crippen LogP contribution in [0.2, 0.25) is 0 Å². The van der Waals surface area contributed by atoms with Crippen molar-refractivity contribution in [2.45, 2.75) is 76.4 Å². The van der Waals surface area contributed by atoms with Crippen molar-refractivity contribution < 1.29 is 27.5 Å². The number of alkyl halides is 3. The smallest absolute Gasteiger partial charge is 0.413 e. The molecule has 2 aliphatic heterocycles. The normalized spacial score (nSPS) is 28.8.